The highest BCUT2D eigenvalue weighted by atomic mass is 16.1. The van der Waals surface area contributed by atoms with Gasteiger partial charge in [0.15, 0.2) is 0 Å². The Morgan fingerprint density at radius 3 is 2.38 bits per heavy atom. The van der Waals surface area contributed by atoms with Crippen LogP contribution in [0.3, 0.4) is 0 Å². The van der Waals surface area contributed by atoms with E-state index >= 15 is 0 Å². The topological polar surface area (TPSA) is 72.3 Å². The van der Waals surface area contributed by atoms with E-state index < -0.39 is 0 Å². The van der Waals surface area contributed by atoms with Crippen LogP contribution in [0.5, 0.6) is 0 Å². The second kappa shape index (κ2) is 5.19. The largest absolute Gasteiger partial charge is 0.369 e. The SMILES string of the molecule is CN(CCC(C)(C)CN)CC(N)=O. The summed E-state index contributed by atoms with van der Waals surface area (Å²) in [5, 5.41) is 0. The fourth-order valence-corrected chi connectivity index (χ4v) is 0.941. The van der Waals surface area contributed by atoms with Gasteiger partial charge in [-0.05, 0) is 32.0 Å². The van der Waals surface area contributed by atoms with E-state index in [-0.39, 0.29) is 11.3 Å². The maximum atomic E-state index is 10.6. The molecule has 0 heterocycles. The van der Waals surface area contributed by atoms with Crippen molar-refractivity contribution in [3.63, 3.8) is 0 Å². The first-order valence-electron chi connectivity index (χ1n) is 4.54. The Morgan fingerprint density at radius 2 is 2.00 bits per heavy atom. The van der Waals surface area contributed by atoms with Gasteiger partial charge in [-0.25, -0.2) is 0 Å². The van der Waals surface area contributed by atoms with Crippen LogP contribution in [0.1, 0.15) is 20.3 Å². The highest BCUT2D eigenvalue weighted by Gasteiger charge is 2.16. The lowest BCUT2D eigenvalue weighted by Crippen LogP contribution is -2.34. The summed E-state index contributed by atoms with van der Waals surface area (Å²) in [5.74, 6) is -0.284. The molecule has 1 amide bonds. The van der Waals surface area contributed by atoms with E-state index in [1.807, 2.05) is 11.9 Å². The van der Waals surface area contributed by atoms with E-state index in [9.17, 15) is 4.79 Å². The molecule has 0 unspecified atom stereocenters. The third kappa shape index (κ3) is 6.54. The molecule has 0 saturated heterocycles. The van der Waals surface area contributed by atoms with Gasteiger partial charge in [0.05, 0.1) is 6.54 Å². The average Bonchev–Trinajstić information content (AvgIpc) is 2.00. The molecule has 0 aliphatic carbocycles. The van der Waals surface area contributed by atoms with Crippen LogP contribution in [0, 0.1) is 5.41 Å². The van der Waals surface area contributed by atoms with Gasteiger partial charge in [0, 0.05) is 0 Å². The summed E-state index contributed by atoms with van der Waals surface area (Å²) in [4.78, 5) is 12.5. The summed E-state index contributed by atoms with van der Waals surface area (Å²) in [6.45, 7) is 6.07. The number of likely N-dealkylation sites (N-methyl/N-ethyl adjacent to an activating group) is 1. The molecule has 0 atom stereocenters. The lowest BCUT2D eigenvalue weighted by Gasteiger charge is -2.25. The van der Waals surface area contributed by atoms with Crippen molar-refractivity contribution in [2.45, 2.75) is 20.3 Å². The first kappa shape index (κ1) is 12.4. The number of amides is 1. The summed E-state index contributed by atoms with van der Waals surface area (Å²) in [5.41, 5.74) is 10.8. The number of nitrogens with zero attached hydrogens (tertiary/aromatic N) is 1. The van der Waals surface area contributed by atoms with Gasteiger partial charge >= 0.3 is 0 Å². The minimum atomic E-state index is -0.284. The molecule has 0 fully saturated rings. The first-order chi connectivity index (χ1) is 5.87. The van der Waals surface area contributed by atoms with Gasteiger partial charge < -0.3 is 11.5 Å². The van der Waals surface area contributed by atoms with Crippen molar-refractivity contribution in [1.29, 1.82) is 0 Å². The van der Waals surface area contributed by atoms with Gasteiger partial charge in [-0.15, -0.1) is 0 Å². The highest BCUT2D eigenvalue weighted by Crippen LogP contribution is 2.17. The number of hydrogen-bond acceptors (Lipinski definition) is 3. The summed E-state index contributed by atoms with van der Waals surface area (Å²) in [7, 11) is 1.89. The van der Waals surface area contributed by atoms with Gasteiger partial charge in [-0.1, -0.05) is 13.8 Å². The molecule has 4 heteroatoms. The number of rotatable bonds is 6. The minimum Gasteiger partial charge on any atom is -0.369 e. The molecular weight excluding hydrogens is 166 g/mol. The molecule has 0 rings (SSSR count). The Kier molecular flexibility index (Phi) is 4.95. The van der Waals surface area contributed by atoms with Crippen LogP contribution in [0.2, 0.25) is 0 Å². The van der Waals surface area contributed by atoms with Crippen LogP contribution >= 0.6 is 0 Å². The Hall–Kier alpha value is -0.610. The summed E-state index contributed by atoms with van der Waals surface area (Å²) >= 11 is 0. The van der Waals surface area contributed by atoms with E-state index in [1.54, 1.807) is 0 Å². The quantitative estimate of drug-likeness (QED) is 0.604. The second-order valence-corrected chi connectivity index (χ2v) is 4.32. The van der Waals surface area contributed by atoms with Crippen LogP contribution in [-0.2, 0) is 4.79 Å². The summed E-state index contributed by atoms with van der Waals surface area (Å²) < 4.78 is 0. The molecule has 0 saturated carbocycles. The second-order valence-electron chi connectivity index (χ2n) is 4.32. The van der Waals surface area contributed by atoms with Crippen molar-refractivity contribution in [2.75, 3.05) is 26.7 Å². The molecule has 0 radical (unpaired) electrons. The number of primary amides is 1. The Balaban J connectivity index is 3.69. The normalized spacial score (nSPS) is 12.1. The van der Waals surface area contributed by atoms with Crippen LogP contribution in [0.4, 0.5) is 0 Å². The van der Waals surface area contributed by atoms with E-state index in [4.69, 9.17) is 11.5 Å². The van der Waals surface area contributed by atoms with Gasteiger partial charge in [0.1, 0.15) is 0 Å². The molecular formula is C9H21N3O. The maximum absolute atomic E-state index is 10.6. The standard InChI is InChI=1S/C9H21N3O/c1-9(2,7-10)4-5-12(3)6-8(11)13/h4-7,10H2,1-3H3,(H2,11,13). The zero-order valence-electron chi connectivity index (χ0n) is 8.84. The number of carbonyl (C=O) groups is 1. The van der Waals surface area contributed by atoms with Crippen LogP contribution in [0.15, 0.2) is 0 Å². The Morgan fingerprint density at radius 1 is 1.46 bits per heavy atom. The maximum Gasteiger partial charge on any atom is 0.231 e. The summed E-state index contributed by atoms with van der Waals surface area (Å²) in [6.07, 6.45) is 0.979. The van der Waals surface area contributed by atoms with Crippen LogP contribution in [0.25, 0.3) is 0 Å². The first-order valence-corrected chi connectivity index (χ1v) is 4.54. The smallest absolute Gasteiger partial charge is 0.231 e. The molecule has 0 aliphatic rings. The molecule has 4 N–H and O–H groups in total. The fraction of sp³-hybridized carbons (Fsp3) is 0.889. The molecule has 0 bridgehead atoms. The van der Waals surface area contributed by atoms with Crippen molar-refractivity contribution in [2.24, 2.45) is 16.9 Å². The minimum absolute atomic E-state index is 0.145. The number of carbonyl (C=O) groups excluding carboxylic acids is 1. The van der Waals surface area contributed by atoms with E-state index in [0.29, 0.717) is 13.1 Å². The Bertz CT molecular complexity index is 168. The molecule has 0 aliphatic heterocycles. The fourth-order valence-electron chi connectivity index (χ4n) is 0.941. The van der Waals surface area contributed by atoms with Gasteiger partial charge in [0.25, 0.3) is 0 Å². The molecule has 13 heavy (non-hydrogen) atoms. The summed E-state index contributed by atoms with van der Waals surface area (Å²) in [6, 6.07) is 0. The molecule has 0 aromatic carbocycles. The van der Waals surface area contributed by atoms with E-state index in [1.165, 1.54) is 0 Å². The van der Waals surface area contributed by atoms with Gasteiger partial charge in [-0.2, -0.15) is 0 Å². The lowest BCUT2D eigenvalue weighted by atomic mass is 9.89. The van der Waals surface area contributed by atoms with Crippen molar-refractivity contribution in [3.05, 3.63) is 0 Å². The highest BCUT2D eigenvalue weighted by molar-refractivity contribution is 5.75. The van der Waals surface area contributed by atoms with Crippen molar-refractivity contribution >= 4 is 5.91 Å². The predicted molar refractivity (Wildman–Crippen MR) is 54.1 cm³/mol. The zero-order chi connectivity index (χ0) is 10.5. The van der Waals surface area contributed by atoms with E-state index in [0.717, 1.165) is 13.0 Å². The molecule has 4 nitrogen and oxygen atoms in total. The van der Waals surface area contributed by atoms with Crippen molar-refractivity contribution in [3.8, 4) is 0 Å². The average molecular weight is 187 g/mol. The van der Waals surface area contributed by atoms with Crippen molar-refractivity contribution < 1.29 is 4.79 Å². The third-order valence-corrected chi connectivity index (χ3v) is 2.15. The molecule has 78 valence electrons. The monoisotopic (exact) mass is 187 g/mol. The third-order valence-electron chi connectivity index (χ3n) is 2.15. The Labute approximate surface area is 80.3 Å². The lowest BCUT2D eigenvalue weighted by molar-refractivity contribution is -0.118. The molecule has 0 spiro atoms. The predicted octanol–water partition coefficient (Wildman–Crippen LogP) is -0.221. The number of nitrogens with two attached hydrogens (primary N) is 2. The van der Waals surface area contributed by atoms with Crippen LogP contribution < -0.4 is 11.5 Å². The van der Waals surface area contributed by atoms with E-state index in [2.05, 4.69) is 13.8 Å². The van der Waals surface area contributed by atoms with Crippen molar-refractivity contribution in [1.82, 2.24) is 4.90 Å². The van der Waals surface area contributed by atoms with Gasteiger partial charge in [-0.3, -0.25) is 9.69 Å². The molecule has 0 aromatic rings. The van der Waals surface area contributed by atoms with Gasteiger partial charge in [0.2, 0.25) is 5.91 Å². The number of hydrogen-bond donors (Lipinski definition) is 2. The van der Waals surface area contributed by atoms with Crippen LogP contribution in [-0.4, -0.2) is 37.5 Å². The zero-order valence-corrected chi connectivity index (χ0v) is 8.84. The molecule has 0 aromatic heterocycles.